The third-order valence-corrected chi connectivity index (χ3v) is 1.38. The number of benzene rings is 1. The van der Waals surface area contributed by atoms with E-state index in [1.54, 1.807) is 12.1 Å². The van der Waals surface area contributed by atoms with Crippen molar-refractivity contribution in [3.8, 4) is 11.8 Å². The number of aromatic nitrogens is 2. The normalized spacial score (nSPS) is 9.85. The molecule has 13 heavy (non-hydrogen) atoms. The molecule has 2 aromatic rings. The fraction of sp³-hybridized carbons (Fsp3) is 0. The summed E-state index contributed by atoms with van der Waals surface area (Å²) in [6.45, 7) is 0. The van der Waals surface area contributed by atoms with Crippen LogP contribution in [0.5, 0.6) is 11.8 Å². The van der Waals surface area contributed by atoms with E-state index >= 15 is 0 Å². The van der Waals surface area contributed by atoms with E-state index in [-0.39, 0.29) is 6.01 Å². The Morgan fingerprint density at radius 3 is 2.69 bits per heavy atom. The summed E-state index contributed by atoms with van der Waals surface area (Å²) >= 11 is 0. The number of hydrogen-bond donors (Lipinski definition) is 1. The van der Waals surface area contributed by atoms with Gasteiger partial charge in [0, 0.05) is 0 Å². The molecule has 0 fully saturated rings. The molecule has 0 aliphatic rings. The average molecular weight is 178 g/mol. The average Bonchev–Trinajstić information content (AvgIpc) is 2.53. The monoisotopic (exact) mass is 178 g/mol. The zero-order valence-electron chi connectivity index (χ0n) is 6.56. The van der Waals surface area contributed by atoms with Gasteiger partial charge in [0.05, 0.1) is 0 Å². The molecular formula is C8H6N2O3. The van der Waals surface area contributed by atoms with Crippen molar-refractivity contribution in [1.82, 2.24) is 10.1 Å². The summed E-state index contributed by atoms with van der Waals surface area (Å²) < 4.78 is 9.39. The van der Waals surface area contributed by atoms with Crippen LogP contribution in [0.25, 0.3) is 0 Å². The molecule has 0 radical (unpaired) electrons. The van der Waals surface area contributed by atoms with Crippen LogP contribution in [0.15, 0.2) is 39.6 Å². The Morgan fingerprint density at radius 2 is 2.08 bits per heavy atom. The van der Waals surface area contributed by atoms with Crippen molar-refractivity contribution in [3.05, 3.63) is 40.9 Å². The lowest BCUT2D eigenvalue weighted by Crippen LogP contribution is -1.95. The molecule has 0 aliphatic heterocycles. The number of H-pyrrole nitrogens is 1. The molecule has 0 amide bonds. The number of nitrogens with zero attached hydrogens (tertiary/aromatic N) is 1. The Morgan fingerprint density at radius 1 is 1.31 bits per heavy atom. The van der Waals surface area contributed by atoms with Gasteiger partial charge in [0.2, 0.25) is 0 Å². The Kier molecular flexibility index (Phi) is 1.84. The third-order valence-electron chi connectivity index (χ3n) is 1.38. The highest BCUT2D eigenvalue weighted by atomic mass is 16.6. The van der Waals surface area contributed by atoms with Crippen LogP contribution in [0, 0.1) is 0 Å². The summed E-state index contributed by atoms with van der Waals surface area (Å²) in [6, 6.07) is 9.02. The van der Waals surface area contributed by atoms with Gasteiger partial charge < -0.3 is 4.74 Å². The van der Waals surface area contributed by atoms with Crippen molar-refractivity contribution in [2.45, 2.75) is 0 Å². The van der Waals surface area contributed by atoms with E-state index in [1.807, 2.05) is 18.2 Å². The number of nitrogens with one attached hydrogen (secondary N) is 1. The van der Waals surface area contributed by atoms with Crippen molar-refractivity contribution in [2.75, 3.05) is 0 Å². The zero-order valence-corrected chi connectivity index (χ0v) is 6.56. The quantitative estimate of drug-likeness (QED) is 0.749. The molecule has 0 saturated carbocycles. The van der Waals surface area contributed by atoms with E-state index in [0.29, 0.717) is 5.75 Å². The first-order chi connectivity index (χ1) is 6.34. The number of rotatable bonds is 2. The van der Waals surface area contributed by atoms with E-state index < -0.39 is 5.76 Å². The molecule has 0 aliphatic carbocycles. The van der Waals surface area contributed by atoms with Crippen LogP contribution in [0.1, 0.15) is 0 Å². The van der Waals surface area contributed by atoms with Crippen molar-refractivity contribution in [3.63, 3.8) is 0 Å². The van der Waals surface area contributed by atoms with Crippen LogP contribution >= 0.6 is 0 Å². The highest BCUT2D eigenvalue weighted by Crippen LogP contribution is 2.14. The molecule has 1 aromatic carbocycles. The van der Waals surface area contributed by atoms with Crippen molar-refractivity contribution >= 4 is 0 Å². The summed E-state index contributed by atoms with van der Waals surface area (Å²) in [7, 11) is 0. The molecule has 0 spiro atoms. The van der Waals surface area contributed by atoms with Gasteiger partial charge in [-0.25, -0.2) is 9.78 Å². The number of ether oxygens (including phenoxy) is 1. The predicted octanol–water partition coefficient (Wildman–Crippen LogP) is 1.16. The highest BCUT2D eigenvalue weighted by Gasteiger charge is 2.01. The van der Waals surface area contributed by atoms with Crippen LogP contribution < -0.4 is 10.5 Å². The van der Waals surface area contributed by atoms with Crippen molar-refractivity contribution in [2.24, 2.45) is 0 Å². The maximum Gasteiger partial charge on any atom is 0.441 e. The molecule has 5 heteroatoms. The van der Waals surface area contributed by atoms with Gasteiger partial charge in [-0.3, -0.25) is 4.52 Å². The second-order valence-corrected chi connectivity index (χ2v) is 2.32. The Labute approximate surface area is 72.9 Å². The lowest BCUT2D eigenvalue weighted by molar-refractivity contribution is 0.351. The molecule has 5 nitrogen and oxygen atoms in total. The predicted molar refractivity (Wildman–Crippen MR) is 43.6 cm³/mol. The van der Waals surface area contributed by atoms with Crippen LogP contribution in [0.2, 0.25) is 0 Å². The molecule has 1 heterocycles. The summed E-state index contributed by atoms with van der Waals surface area (Å²) in [5.74, 6) is -0.0435. The van der Waals surface area contributed by atoms with Gasteiger partial charge >= 0.3 is 11.8 Å². The summed E-state index contributed by atoms with van der Waals surface area (Å²) in [5, 5.41) is 3.35. The summed E-state index contributed by atoms with van der Waals surface area (Å²) in [5.41, 5.74) is 0. The van der Waals surface area contributed by atoms with Gasteiger partial charge in [-0.2, -0.15) is 0 Å². The smallest absolute Gasteiger partial charge is 0.424 e. The van der Waals surface area contributed by atoms with Crippen molar-refractivity contribution < 1.29 is 9.26 Å². The molecule has 2 rings (SSSR count). The Hall–Kier alpha value is -2.04. The lowest BCUT2D eigenvalue weighted by Gasteiger charge is -1.97. The second-order valence-electron chi connectivity index (χ2n) is 2.32. The van der Waals surface area contributed by atoms with Crippen LogP contribution in [-0.4, -0.2) is 10.1 Å². The SMILES string of the molecule is O=c1[nH]c(Oc2ccccc2)no1. The Bertz CT molecular complexity index is 432. The molecule has 66 valence electrons. The maximum atomic E-state index is 10.5. The fourth-order valence-electron chi connectivity index (χ4n) is 0.860. The molecule has 0 bridgehead atoms. The standard InChI is InChI=1S/C8H6N2O3/c11-8-9-7(10-13-8)12-6-4-2-1-3-5-6/h1-5H,(H,9,10,11). The molecular weight excluding hydrogens is 172 g/mol. The van der Waals surface area contributed by atoms with Crippen LogP contribution in [0.4, 0.5) is 0 Å². The number of aromatic amines is 1. The van der Waals surface area contributed by atoms with Gasteiger partial charge in [-0.1, -0.05) is 18.2 Å². The highest BCUT2D eigenvalue weighted by molar-refractivity contribution is 5.23. The first kappa shape index (κ1) is 7.60. The third kappa shape index (κ3) is 1.76. The van der Waals surface area contributed by atoms with Crippen LogP contribution in [0.3, 0.4) is 0 Å². The summed E-state index contributed by atoms with van der Waals surface area (Å²) in [4.78, 5) is 12.8. The van der Waals surface area contributed by atoms with E-state index in [4.69, 9.17) is 4.74 Å². The topological polar surface area (TPSA) is 68.1 Å². The number of para-hydroxylation sites is 1. The minimum atomic E-state index is -0.633. The molecule has 0 atom stereocenters. The van der Waals surface area contributed by atoms with E-state index in [9.17, 15) is 4.79 Å². The second kappa shape index (κ2) is 3.14. The minimum absolute atomic E-state index is 0.0520. The molecule has 0 saturated heterocycles. The van der Waals surface area contributed by atoms with Crippen molar-refractivity contribution in [1.29, 1.82) is 0 Å². The lowest BCUT2D eigenvalue weighted by atomic mass is 10.3. The van der Waals surface area contributed by atoms with E-state index in [2.05, 4.69) is 14.7 Å². The first-order valence-electron chi connectivity index (χ1n) is 3.63. The van der Waals surface area contributed by atoms with E-state index in [1.165, 1.54) is 0 Å². The van der Waals surface area contributed by atoms with Gasteiger partial charge in [-0.05, 0) is 17.3 Å². The fourth-order valence-corrected chi connectivity index (χ4v) is 0.860. The number of hydrogen-bond acceptors (Lipinski definition) is 4. The molecule has 1 aromatic heterocycles. The molecule has 1 N–H and O–H groups in total. The van der Waals surface area contributed by atoms with Gasteiger partial charge in [0.15, 0.2) is 0 Å². The largest absolute Gasteiger partial charge is 0.441 e. The van der Waals surface area contributed by atoms with Crippen LogP contribution in [-0.2, 0) is 0 Å². The zero-order chi connectivity index (χ0) is 9.10. The van der Waals surface area contributed by atoms with Gasteiger partial charge in [-0.15, -0.1) is 0 Å². The van der Waals surface area contributed by atoms with Gasteiger partial charge in [0.1, 0.15) is 5.75 Å². The maximum absolute atomic E-state index is 10.5. The minimum Gasteiger partial charge on any atom is -0.424 e. The first-order valence-corrected chi connectivity index (χ1v) is 3.63. The Balaban J connectivity index is 2.20. The summed E-state index contributed by atoms with van der Waals surface area (Å²) in [6.07, 6.45) is 0. The van der Waals surface area contributed by atoms with E-state index in [0.717, 1.165) is 0 Å². The molecule has 0 unspecified atom stereocenters. The van der Waals surface area contributed by atoms with Gasteiger partial charge in [0.25, 0.3) is 0 Å².